The molecule has 15 heteroatoms. The molecular formula is C23H25F6N3O6. The minimum atomic E-state index is -5.08. The first kappa shape index (κ1) is 30.9. The molecule has 0 saturated carbocycles. The molecule has 2 aromatic rings. The number of rotatable bonds is 5. The average molecular weight is 553 g/mol. The Morgan fingerprint density at radius 2 is 1.50 bits per heavy atom. The molecule has 4 heterocycles. The highest BCUT2D eigenvalue weighted by atomic mass is 19.4. The van der Waals surface area contributed by atoms with E-state index >= 15 is 0 Å². The second kappa shape index (κ2) is 14.0. The predicted octanol–water partition coefficient (Wildman–Crippen LogP) is 3.69. The van der Waals surface area contributed by atoms with Crippen LogP contribution in [0.15, 0.2) is 49.1 Å². The van der Waals surface area contributed by atoms with Crippen LogP contribution < -0.4 is 0 Å². The monoisotopic (exact) mass is 553 g/mol. The summed E-state index contributed by atoms with van der Waals surface area (Å²) in [5.41, 5.74) is 2.35. The number of pyridine rings is 2. The number of likely N-dealkylation sites (tertiary alicyclic amines) is 1. The molecule has 2 N–H and O–H groups in total. The van der Waals surface area contributed by atoms with Crippen LogP contribution in [-0.4, -0.2) is 80.8 Å². The van der Waals surface area contributed by atoms with Crippen molar-refractivity contribution in [2.45, 2.75) is 56.6 Å². The number of carboxylic acid groups (broad SMARTS) is 2. The molecule has 210 valence electrons. The van der Waals surface area contributed by atoms with Gasteiger partial charge in [0, 0.05) is 50.5 Å². The van der Waals surface area contributed by atoms with Gasteiger partial charge >= 0.3 is 24.3 Å². The molecule has 2 aliphatic heterocycles. The lowest BCUT2D eigenvalue weighted by atomic mass is 10.0. The highest BCUT2D eigenvalue weighted by Crippen LogP contribution is 2.32. The molecular weight excluding hydrogens is 528 g/mol. The van der Waals surface area contributed by atoms with Crippen molar-refractivity contribution in [2.24, 2.45) is 0 Å². The maximum Gasteiger partial charge on any atom is 0.490 e. The summed E-state index contributed by atoms with van der Waals surface area (Å²) in [4.78, 5) is 28.7. The van der Waals surface area contributed by atoms with E-state index in [-0.39, 0.29) is 12.2 Å². The van der Waals surface area contributed by atoms with Crippen LogP contribution in [0.2, 0.25) is 0 Å². The van der Waals surface area contributed by atoms with Crippen LogP contribution in [0.25, 0.3) is 0 Å². The molecule has 0 bridgehead atoms. The first-order chi connectivity index (χ1) is 17.8. The smallest absolute Gasteiger partial charge is 0.475 e. The van der Waals surface area contributed by atoms with Crippen molar-refractivity contribution >= 4 is 11.9 Å². The third-order valence-electron chi connectivity index (χ3n) is 5.36. The van der Waals surface area contributed by atoms with Gasteiger partial charge in [-0.2, -0.15) is 26.3 Å². The Morgan fingerprint density at radius 3 is 1.97 bits per heavy atom. The van der Waals surface area contributed by atoms with E-state index < -0.39 is 24.3 Å². The van der Waals surface area contributed by atoms with Crippen LogP contribution in [0, 0.1) is 0 Å². The lowest BCUT2D eigenvalue weighted by Gasteiger charge is -2.32. The largest absolute Gasteiger partial charge is 0.490 e. The van der Waals surface area contributed by atoms with Crippen molar-refractivity contribution in [1.82, 2.24) is 14.9 Å². The Labute approximate surface area is 213 Å². The Balaban J connectivity index is 0.000000301. The van der Waals surface area contributed by atoms with Gasteiger partial charge in [-0.05, 0) is 36.1 Å². The minimum Gasteiger partial charge on any atom is -0.475 e. The molecule has 4 rings (SSSR count). The van der Waals surface area contributed by atoms with E-state index in [1.165, 1.54) is 12.0 Å². The van der Waals surface area contributed by atoms with E-state index in [1.54, 1.807) is 6.20 Å². The molecule has 0 amide bonds. The summed E-state index contributed by atoms with van der Waals surface area (Å²) in [5, 5.41) is 14.2. The lowest BCUT2D eigenvalue weighted by molar-refractivity contribution is -0.193. The molecule has 2 fully saturated rings. The second-order valence-electron chi connectivity index (χ2n) is 8.15. The third-order valence-corrected chi connectivity index (χ3v) is 5.36. The number of carbonyl (C=O) groups is 2. The molecule has 9 nitrogen and oxygen atoms in total. The number of alkyl halides is 6. The number of ether oxygens (including phenoxy) is 2. The summed E-state index contributed by atoms with van der Waals surface area (Å²) in [6, 6.07) is 8.57. The molecule has 0 spiro atoms. The van der Waals surface area contributed by atoms with Gasteiger partial charge in [0.2, 0.25) is 0 Å². The Kier molecular flexibility index (Phi) is 11.4. The van der Waals surface area contributed by atoms with Crippen molar-refractivity contribution in [2.75, 3.05) is 13.2 Å². The van der Waals surface area contributed by atoms with E-state index in [9.17, 15) is 26.3 Å². The quantitative estimate of drug-likeness (QED) is 0.534. The standard InChI is InChI=1S/C19H23N3O2.2C2HF3O2/c1-4-15(10-20-7-1)12-22-13-18(19-17(22)6-3-9-23-19)24-14-16-5-2-8-21-11-16;2*3-2(4,5)1(6)7/h1-2,4-5,7-8,10-11,17-19H,3,6,9,12-14H2;2*(H,6,7)/t17-,18-,19+;;/m1../s1. The number of aliphatic carboxylic acids is 2. The molecule has 0 aliphatic carbocycles. The number of halogens is 6. The van der Waals surface area contributed by atoms with Gasteiger partial charge < -0.3 is 19.7 Å². The van der Waals surface area contributed by atoms with Gasteiger partial charge in [0.15, 0.2) is 0 Å². The van der Waals surface area contributed by atoms with Crippen LogP contribution in [0.3, 0.4) is 0 Å². The van der Waals surface area contributed by atoms with Crippen LogP contribution in [0.5, 0.6) is 0 Å². The SMILES string of the molecule is O=C(O)C(F)(F)F.O=C(O)C(F)(F)F.c1cncc(CO[C@@H]2CN(Cc3cccnc3)[C@@H]3CCCO[C@@H]32)c1. The van der Waals surface area contributed by atoms with Crippen LogP contribution in [0.4, 0.5) is 26.3 Å². The van der Waals surface area contributed by atoms with Crippen molar-refractivity contribution in [3.05, 3.63) is 60.2 Å². The van der Waals surface area contributed by atoms with Gasteiger partial charge in [-0.1, -0.05) is 12.1 Å². The maximum absolute atomic E-state index is 10.6. The highest BCUT2D eigenvalue weighted by molar-refractivity contribution is 5.73. The number of carboxylic acids is 2. The Bertz CT molecular complexity index is 986. The molecule has 0 radical (unpaired) electrons. The molecule has 2 aromatic heterocycles. The summed E-state index contributed by atoms with van der Waals surface area (Å²) < 4.78 is 75.7. The van der Waals surface area contributed by atoms with E-state index in [0.29, 0.717) is 12.6 Å². The molecule has 0 aromatic carbocycles. The van der Waals surface area contributed by atoms with Gasteiger partial charge in [-0.25, -0.2) is 9.59 Å². The van der Waals surface area contributed by atoms with E-state index in [2.05, 4.69) is 27.0 Å². The fourth-order valence-corrected chi connectivity index (χ4v) is 3.75. The zero-order valence-corrected chi connectivity index (χ0v) is 19.7. The summed E-state index contributed by atoms with van der Waals surface area (Å²) in [6.07, 6.45) is -0.157. The van der Waals surface area contributed by atoms with Crippen molar-refractivity contribution in [1.29, 1.82) is 0 Å². The summed E-state index contributed by atoms with van der Waals surface area (Å²) in [7, 11) is 0. The van der Waals surface area contributed by atoms with E-state index in [1.807, 2.05) is 30.7 Å². The molecule has 2 saturated heterocycles. The average Bonchev–Trinajstić information content (AvgIpc) is 3.21. The molecule has 2 aliphatic rings. The summed E-state index contributed by atoms with van der Waals surface area (Å²) in [5.74, 6) is -5.51. The van der Waals surface area contributed by atoms with Crippen LogP contribution >= 0.6 is 0 Å². The maximum atomic E-state index is 10.6. The second-order valence-corrected chi connectivity index (χ2v) is 8.15. The fraction of sp³-hybridized carbons (Fsp3) is 0.478. The van der Waals surface area contributed by atoms with E-state index in [4.69, 9.17) is 29.3 Å². The number of hydrogen-bond acceptors (Lipinski definition) is 7. The zero-order valence-electron chi connectivity index (χ0n) is 19.7. The normalized spacial score (nSPS) is 21.3. The van der Waals surface area contributed by atoms with E-state index in [0.717, 1.165) is 31.7 Å². The Morgan fingerprint density at radius 1 is 0.974 bits per heavy atom. The number of aromatic nitrogens is 2. The van der Waals surface area contributed by atoms with Gasteiger partial charge in [-0.15, -0.1) is 0 Å². The van der Waals surface area contributed by atoms with Gasteiger partial charge in [0.1, 0.15) is 6.10 Å². The number of nitrogens with zero attached hydrogens (tertiary/aromatic N) is 3. The van der Waals surface area contributed by atoms with Crippen LogP contribution in [0.1, 0.15) is 24.0 Å². The predicted molar refractivity (Wildman–Crippen MR) is 118 cm³/mol. The zero-order chi connectivity index (χ0) is 28.3. The van der Waals surface area contributed by atoms with Gasteiger partial charge in [-0.3, -0.25) is 14.9 Å². The summed E-state index contributed by atoms with van der Waals surface area (Å²) in [6.45, 7) is 3.25. The number of fused-ring (bicyclic) bond motifs is 1. The van der Waals surface area contributed by atoms with Crippen molar-refractivity contribution in [3.63, 3.8) is 0 Å². The summed E-state index contributed by atoms with van der Waals surface area (Å²) >= 11 is 0. The van der Waals surface area contributed by atoms with Crippen LogP contribution in [-0.2, 0) is 32.2 Å². The fourth-order valence-electron chi connectivity index (χ4n) is 3.75. The van der Waals surface area contributed by atoms with Crippen molar-refractivity contribution < 1.29 is 55.6 Å². The molecule has 3 atom stereocenters. The first-order valence-electron chi connectivity index (χ1n) is 11.1. The van der Waals surface area contributed by atoms with Crippen molar-refractivity contribution in [3.8, 4) is 0 Å². The Hall–Kier alpha value is -3.30. The third kappa shape index (κ3) is 10.2. The minimum absolute atomic E-state index is 0.118. The van der Waals surface area contributed by atoms with Gasteiger partial charge in [0.05, 0.1) is 12.7 Å². The topological polar surface area (TPSA) is 122 Å². The molecule has 38 heavy (non-hydrogen) atoms. The highest BCUT2D eigenvalue weighted by Gasteiger charge is 2.44. The molecule has 0 unspecified atom stereocenters. The first-order valence-corrected chi connectivity index (χ1v) is 11.1. The number of hydrogen-bond donors (Lipinski definition) is 2. The van der Waals surface area contributed by atoms with Gasteiger partial charge in [0.25, 0.3) is 0 Å². The lowest BCUT2D eigenvalue weighted by Crippen LogP contribution is -2.41.